The minimum Gasteiger partial charge on any atom is -0.343 e. The van der Waals surface area contributed by atoms with Crippen LogP contribution in [-0.4, -0.2) is 47.3 Å². The Morgan fingerprint density at radius 3 is 2.24 bits per heavy atom. The van der Waals surface area contributed by atoms with E-state index >= 15 is 0 Å². The standard InChI is InChI=1S/C17H30N2O2/c1-14-8-11-18(12-9-14)17(21)10-13-19(15(2)20)16-6-4-3-5-7-16/h14,16H,3-13H2,1-2H3. The molecule has 0 spiro atoms. The zero-order valence-corrected chi connectivity index (χ0v) is 13.6. The molecule has 4 heteroatoms. The fraction of sp³-hybridized carbons (Fsp3) is 0.882. The summed E-state index contributed by atoms with van der Waals surface area (Å²) in [5, 5.41) is 0. The number of hydrogen-bond donors (Lipinski definition) is 0. The summed E-state index contributed by atoms with van der Waals surface area (Å²) in [5.74, 6) is 1.09. The first-order valence-electron chi connectivity index (χ1n) is 8.63. The molecule has 0 aromatic carbocycles. The fourth-order valence-electron chi connectivity index (χ4n) is 3.62. The van der Waals surface area contributed by atoms with Crippen LogP contribution < -0.4 is 0 Å². The molecule has 0 aromatic heterocycles. The van der Waals surface area contributed by atoms with E-state index in [0.717, 1.165) is 44.7 Å². The number of carbonyl (C=O) groups is 2. The molecule has 1 heterocycles. The van der Waals surface area contributed by atoms with Crippen LogP contribution in [0.2, 0.25) is 0 Å². The number of carbonyl (C=O) groups excluding carboxylic acids is 2. The van der Waals surface area contributed by atoms with Crippen LogP contribution in [0, 0.1) is 5.92 Å². The third kappa shape index (κ3) is 4.72. The second-order valence-electron chi connectivity index (χ2n) is 6.82. The Balaban J connectivity index is 1.80. The van der Waals surface area contributed by atoms with Crippen molar-refractivity contribution in [2.24, 2.45) is 5.92 Å². The molecule has 1 aliphatic carbocycles. The third-order valence-corrected chi connectivity index (χ3v) is 5.12. The van der Waals surface area contributed by atoms with E-state index in [4.69, 9.17) is 0 Å². The van der Waals surface area contributed by atoms with Crippen molar-refractivity contribution in [1.82, 2.24) is 9.80 Å². The lowest BCUT2D eigenvalue weighted by molar-refractivity contribution is -0.135. The Hall–Kier alpha value is -1.06. The SMILES string of the molecule is CC(=O)N(CCC(=O)N1CCC(C)CC1)C1CCCCC1. The molecule has 1 saturated heterocycles. The third-order valence-electron chi connectivity index (χ3n) is 5.12. The van der Waals surface area contributed by atoms with Crippen LogP contribution in [0.15, 0.2) is 0 Å². The van der Waals surface area contributed by atoms with Gasteiger partial charge in [-0.1, -0.05) is 26.2 Å². The monoisotopic (exact) mass is 294 g/mol. The maximum absolute atomic E-state index is 12.3. The van der Waals surface area contributed by atoms with Gasteiger partial charge in [0.25, 0.3) is 0 Å². The summed E-state index contributed by atoms with van der Waals surface area (Å²) in [4.78, 5) is 28.1. The van der Waals surface area contributed by atoms with Crippen LogP contribution in [0.1, 0.15) is 65.2 Å². The van der Waals surface area contributed by atoms with E-state index in [2.05, 4.69) is 6.92 Å². The van der Waals surface area contributed by atoms with E-state index in [0.29, 0.717) is 19.0 Å². The van der Waals surface area contributed by atoms with E-state index in [1.807, 2.05) is 9.80 Å². The second kappa shape index (κ2) is 7.81. The van der Waals surface area contributed by atoms with Crippen molar-refractivity contribution in [2.45, 2.75) is 71.3 Å². The van der Waals surface area contributed by atoms with E-state index in [1.54, 1.807) is 6.92 Å². The van der Waals surface area contributed by atoms with Gasteiger partial charge in [-0.25, -0.2) is 0 Å². The molecule has 120 valence electrons. The largest absolute Gasteiger partial charge is 0.343 e. The summed E-state index contributed by atoms with van der Waals surface area (Å²) < 4.78 is 0. The number of likely N-dealkylation sites (tertiary alicyclic amines) is 1. The molecule has 1 aliphatic heterocycles. The van der Waals surface area contributed by atoms with Crippen molar-refractivity contribution in [3.8, 4) is 0 Å². The van der Waals surface area contributed by atoms with Crippen LogP contribution >= 0.6 is 0 Å². The van der Waals surface area contributed by atoms with Crippen molar-refractivity contribution in [3.05, 3.63) is 0 Å². The average Bonchev–Trinajstić information content (AvgIpc) is 2.48. The first kappa shape index (κ1) is 16.3. The quantitative estimate of drug-likeness (QED) is 0.800. The summed E-state index contributed by atoms with van der Waals surface area (Å²) >= 11 is 0. The van der Waals surface area contributed by atoms with Gasteiger partial charge in [-0.3, -0.25) is 9.59 Å². The molecule has 0 aromatic rings. The Morgan fingerprint density at radius 2 is 1.67 bits per heavy atom. The lowest BCUT2D eigenvalue weighted by Gasteiger charge is -2.35. The van der Waals surface area contributed by atoms with E-state index in [1.165, 1.54) is 19.3 Å². The molecular weight excluding hydrogens is 264 g/mol. The maximum Gasteiger partial charge on any atom is 0.224 e. The molecule has 2 aliphatic rings. The average molecular weight is 294 g/mol. The molecule has 2 rings (SSSR count). The maximum atomic E-state index is 12.3. The Labute approximate surface area is 128 Å². The van der Waals surface area contributed by atoms with Crippen molar-refractivity contribution in [2.75, 3.05) is 19.6 Å². The minimum absolute atomic E-state index is 0.127. The summed E-state index contributed by atoms with van der Waals surface area (Å²) in [6.07, 6.45) is 8.65. The Bertz CT molecular complexity index is 356. The lowest BCUT2D eigenvalue weighted by Crippen LogP contribution is -2.44. The highest BCUT2D eigenvalue weighted by atomic mass is 16.2. The molecule has 0 bridgehead atoms. The molecular formula is C17H30N2O2. The number of piperidine rings is 1. The van der Waals surface area contributed by atoms with E-state index < -0.39 is 0 Å². The van der Waals surface area contributed by atoms with Gasteiger partial charge in [-0.05, 0) is 31.6 Å². The molecule has 4 nitrogen and oxygen atoms in total. The highest BCUT2D eigenvalue weighted by Gasteiger charge is 2.25. The highest BCUT2D eigenvalue weighted by Crippen LogP contribution is 2.23. The van der Waals surface area contributed by atoms with Gasteiger partial charge >= 0.3 is 0 Å². The molecule has 0 atom stereocenters. The van der Waals surface area contributed by atoms with Gasteiger partial charge < -0.3 is 9.80 Å². The summed E-state index contributed by atoms with van der Waals surface area (Å²) in [6.45, 7) is 6.28. The Morgan fingerprint density at radius 1 is 1.05 bits per heavy atom. The van der Waals surface area contributed by atoms with Gasteiger partial charge in [0.05, 0.1) is 0 Å². The predicted octanol–water partition coefficient (Wildman–Crippen LogP) is 2.82. The van der Waals surface area contributed by atoms with Gasteiger partial charge in [-0.2, -0.15) is 0 Å². The van der Waals surface area contributed by atoms with Gasteiger partial charge in [0.2, 0.25) is 11.8 Å². The van der Waals surface area contributed by atoms with Gasteiger partial charge in [0.15, 0.2) is 0 Å². The second-order valence-corrected chi connectivity index (χ2v) is 6.82. The first-order chi connectivity index (χ1) is 10.1. The van der Waals surface area contributed by atoms with E-state index in [-0.39, 0.29) is 11.8 Å². The smallest absolute Gasteiger partial charge is 0.224 e. The number of amides is 2. The van der Waals surface area contributed by atoms with Crippen LogP contribution in [0.25, 0.3) is 0 Å². The number of rotatable bonds is 4. The highest BCUT2D eigenvalue weighted by molar-refractivity contribution is 5.78. The van der Waals surface area contributed by atoms with Crippen LogP contribution in [0.4, 0.5) is 0 Å². The van der Waals surface area contributed by atoms with Crippen molar-refractivity contribution >= 4 is 11.8 Å². The van der Waals surface area contributed by atoms with Crippen molar-refractivity contribution in [1.29, 1.82) is 0 Å². The van der Waals surface area contributed by atoms with Crippen molar-refractivity contribution in [3.63, 3.8) is 0 Å². The molecule has 0 N–H and O–H groups in total. The van der Waals surface area contributed by atoms with Crippen LogP contribution in [0.3, 0.4) is 0 Å². The topological polar surface area (TPSA) is 40.6 Å². The molecule has 21 heavy (non-hydrogen) atoms. The Kier molecular flexibility index (Phi) is 6.07. The summed E-state index contributed by atoms with van der Waals surface area (Å²) in [5.41, 5.74) is 0. The summed E-state index contributed by atoms with van der Waals surface area (Å²) in [6, 6.07) is 0.366. The fourth-order valence-corrected chi connectivity index (χ4v) is 3.62. The normalized spacial score (nSPS) is 21.3. The summed E-state index contributed by atoms with van der Waals surface area (Å²) in [7, 11) is 0. The molecule has 1 saturated carbocycles. The predicted molar refractivity (Wildman–Crippen MR) is 83.9 cm³/mol. The van der Waals surface area contributed by atoms with Gasteiger partial charge in [0, 0.05) is 39.0 Å². The zero-order chi connectivity index (χ0) is 15.2. The molecule has 2 amide bonds. The van der Waals surface area contributed by atoms with Gasteiger partial charge in [-0.15, -0.1) is 0 Å². The first-order valence-corrected chi connectivity index (χ1v) is 8.63. The minimum atomic E-state index is 0.127. The molecule has 0 unspecified atom stereocenters. The number of nitrogens with zero attached hydrogens (tertiary/aromatic N) is 2. The van der Waals surface area contributed by atoms with E-state index in [9.17, 15) is 9.59 Å². The number of hydrogen-bond acceptors (Lipinski definition) is 2. The zero-order valence-electron chi connectivity index (χ0n) is 13.6. The van der Waals surface area contributed by atoms with Gasteiger partial charge in [0.1, 0.15) is 0 Å². The molecule has 2 fully saturated rings. The van der Waals surface area contributed by atoms with Crippen LogP contribution in [-0.2, 0) is 9.59 Å². The molecule has 0 radical (unpaired) electrons. The lowest BCUT2D eigenvalue weighted by atomic mass is 9.94. The van der Waals surface area contributed by atoms with Crippen molar-refractivity contribution < 1.29 is 9.59 Å². The van der Waals surface area contributed by atoms with Crippen LogP contribution in [0.5, 0.6) is 0 Å².